The second kappa shape index (κ2) is 9.18. The summed E-state index contributed by atoms with van der Waals surface area (Å²) in [5.74, 6) is 0.666. The topological polar surface area (TPSA) is 50.7 Å². The average Bonchev–Trinajstić information content (AvgIpc) is 2.87. The molecule has 2 aromatic carbocycles. The number of anilines is 1. The van der Waals surface area contributed by atoms with E-state index in [0.717, 1.165) is 45.3 Å². The fraction of sp³-hybridized carbons (Fsp3) is 0.107. The van der Waals surface area contributed by atoms with Crippen molar-refractivity contribution in [1.29, 1.82) is 0 Å². The van der Waals surface area contributed by atoms with Crippen LogP contribution in [0.1, 0.15) is 16.8 Å². The predicted octanol–water partition coefficient (Wildman–Crippen LogP) is 7.30. The zero-order chi connectivity index (χ0) is 24.4. The molecule has 174 valence electrons. The number of aromatic nitrogens is 3. The lowest BCUT2D eigenvalue weighted by Gasteiger charge is -2.11. The largest absolute Gasteiger partial charge is 0.416 e. The van der Waals surface area contributed by atoms with Crippen molar-refractivity contribution in [2.45, 2.75) is 19.6 Å². The van der Waals surface area contributed by atoms with Gasteiger partial charge in [0, 0.05) is 41.8 Å². The number of nitrogens with zero attached hydrogens (tertiary/aromatic N) is 3. The van der Waals surface area contributed by atoms with Crippen LogP contribution in [0, 0.1) is 6.92 Å². The molecule has 0 aliphatic rings. The summed E-state index contributed by atoms with van der Waals surface area (Å²) in [7, 11) is 0. The molecule has 0 radical (unpaired) electrons. The maximum atomic E-state index is 13.1. The van der Waals surface area contributed by atoms with Gasteiger partial charge in [0.25, 0.3) is 0 Å². The number of fused-ring (bicyclic) bond motifs is 1. The maximum Gasteiger partial charge on any atom is 0.416 e. The zero-order valence-electron chi connectivity index (χ0n) is 18.8. The number of nitrogens with one attached hydrogen (secondary N) is 1. The zero-order valence-corrected chi connectivity index (χ0v) is 18.8. The van der Waals surface area contributed by atoms with Crippen molar-refractivity contribution < 1.29 is 13.2 Å². The van der Waals surface area contributed by atoms with Gasteiger partial charge in [-0.25, -0.2) is 4.98 Å². The van der Waals surface area contributed by atoms with Crippen LogP contribution in [0.5, 0.6) is 0 Å². The van der Waals surface area contributed by atoms with E-state index in [9.17, 15) is 13.2 Å². The van der Waals surface area contributed by atoms with Crippen LogP contribution in [0.25, 0.3) is 33.2 Å². The lowest BCUT2D eigenvalue weighted by molar-refractivity contribution is -0.137. The van der Waals surface area contributed by atoms with E-state index in [-0.39, 0.29) is 0 Å². The molecule has 0 unspecified atom stereocenters. The highest BCUT2D eigenvalue weighted by Crippen LogP contribution is 2.33. The van der Waals surface area contributed by atoms with Crippen LogP contribution in [0.15, 0.2) is 91.4 Å². The Labute approximate surface area is 200 Å². The van der Waals surface area contributed by atoms with Gasteiger partial charge in [0.05, 0.1) is 11.3 Å². The van der Waals surface area contributed by atoms with Gasteiger partial charge < -0.3 is 5.32 Å². The van der Waals surface area contributed by atoms with E-state index in [1.54, 1.807) is 30.7 Å². The van der Waals surface area contributed by atoms with E-state index >= 15 is 0 Å². The Morgan fingerprint density at radius 3 is 2.34 bits per heavy atom. The Morgan fingerprint density at radius 1 is 0.771 bits per heavy atom. The van der Waals surface area contributed by atoms with Gasteiger partial charge in [-0.1, -0.05) is 36.4 Å². The third-order valence-electron chi connectivity index (χ3n) is 5.78. The molecule has 4 nitrogen and oxygen atoms in total. The summed E-state index contributed by atoms with van der Waals surface area (Å²) in [6.45, 7) is 2.54. The van der Waals surface area contributed by atoms with Crippen molar-refractivity contribution >= 4 is 16.6 Å². The van der Waals surface area contributed by atoms with Crippen LogP contribution in [0.3, 0.4) is 0 Å². The minimum Gasteiger partial charge on any atom is -0.365 e. The van der Waals surface area contributed by atoms with Crippen molar-refractivity contribution in [2.75, 3.05) is 5.32 Å². The van der Waals surface area contributed by atoms with Crippen LogP contribution in [-0.4, -0.2) is 15.0 Å². The van der Waals surface area contributed by atoms with Crippen LogP contribution in [0.4, 0.5) is 19.0 Å². The molecule has 0 saturated carbocycles. The van der Waals surface area contributed by atoms with Gasteiger partial charge in [-0.2, -0.15) is 13.2 Å². The smallest absolute Gasteiger partial charge is 0.365 e. The molecule has 1 N–H and O–H groups in total. The molecule has 0 spiro atoms. The molecule has 0 aliphatic carbocycles. The first-order chi connectivity index (χ1) is 16.9. The average molecular weight is 470 g/mol. The molecule has 0 aliphatic heterocycles. The number of aryl methyl sites for hydroxylation is 1. The van der Waals surface area contributed by atoms with Gasteiger partial charge in [0.1, 0.15) is 5.82 Å². The quantitative estimate of drug-likeness (QED) is 0.293. The normalized spacial score (nSPS) is 11.5. The monoisotopic (exact) mass is 470 g/mol. The van der Waals surface area contributed by atoms with Crippen molar-refractivity contribution in [3.8, 4) is 22.4 Å². The van der Waals surface area contributed by atoms with Crippen molar-refractivity contribution in [1.82, 2.24) is 15.0 Å². The second-order valence-corrected chi connectivity index (χ2v) is 8.27. The number of rotatable bonds is 5. The first-order valence-electron chi connectivity index (χ1n) is 11.0. The molecule has 5 aromatic rings. The van der Waals surface area contributed by atoms with Crippen molar-refractivity contribution in [3.05, 3.63) is 108 Å². The van der Waals surface area contributed by atoms with Crippen LogP contribution >= 0.6 is 0 Å². The van der Waals surface area contributed by atoms with E-state index in [2.05, 4.69) is 44.5 Å². The number of benzene rings is 2. The Morgan fingerprint density at radius 2 is 1.57 bits per heavy atom. The summed E-state index contributed by atoms with van der Waals surface area (Å²) in [5, 5.41) is 4.99. The summed E-state index contributed by atoms with van der Waals surface area (Å²) in [4.78, 5) is 13.1. The third-order valence-corrected chi connectivity index (χ3v) is 5.78. The molecule has 0 atom stereocenters. The number of hydrogen-bond donors (Lipinski definition) is 1. The molecular formula is C28H21F3N4. The van der Waals surface area contributed by atoms with Gasteiger partial charge >= 0.3 is 6.18 Å². The van der Waals surface area contributed by atoms with Gasteiger partial charge in [0.2, 0.25) is 0 Å². The summed E-state index contributed by atoms with van der Waals surface area (Å²) in [6, 6.07) is 21.1. The maximum absolute atomic E-state index is 13.1. The highest BCUT2D eigenvalue weighted by atomic mass is 19.4. The SMILES string of the molecule is Cc1cc(-c2ccc(CNc3nccc4cc(-c5cccc(C(F)(F)F)c5)ncc34)cc2)ccn1. The first kappa shape index (κ1) is 22.5. The minimum atomic E-state index is -4.40. The number of hydrogen-bond acceptors (Lipinski definition) is 4. The molecule has 0 amide bonds. The number of halogens is 3. The molecule has 5 rings (SSSR count). The van der Waals surface area contributed by atoms with E-state index < -0.39 is 11.7 Å². The molecule has 35 heavy (non-hydrogen) atoms. The molecule has 7 heteroatoms. The van der Waals surface area contributed by atoms with E-state index in [1.807, 2.05) is 25.1 Å². The summed E-state index contributed by atoms with van der Waals surface area (Å²) >= 11 is 0. The minimum absolute atomic E-state index is 0.414. The highest BCUT2D eigenvalue weighted by molar-refractivity contribution is 5.93. The summed E-state index contributed by atoms with van der Waals surface area (Å²) < 4.78 is 39.3. The van der Waals surface area contributed by atoms with E-state index in [0.29, 0.717) is 23.6 Å². The van der Waals surface area contributed by atoms with Crippen molar-refractivity contribution in [2.24, 2.45) is 0 Å². The fourth-order valence-corrected chi connectivity index (χ4v) is 3.95. The van der Waals surface area contributed by atoms with Gasteiger partial charge in [-0.15, -0.1) is 0 Å². The van der Waals surface area contributed by atoms with Crippen molar-refractivity contribution in [3.63, 3.8) is 0 Å². The third kappa shape index (κ3) is 4.99. The molecule has 0 bridgehead atoms. The standard InChI is InChI=1S/C28H21F3N4/c1-18-13-21(9-11-32-18)20-7-5-19(6-8-20)16-35-27-25-17-34-26(15-22(25)10-12-33-27)23-3-2-4-24(14-23)28(29,30)31/h2-15,17H,16H2,1H3,(H,33,35). The number of alkyl halides is 3. The van der Waals surface area contributed by atoms with Gasteiger partial charge in [-0.3, -0.25) is 9.97 Å². The molecule has 0 saturated heterocycles. The second-order valence-electron chi connectivity index (χ2n) is 8.27. The fourth-order valence-electron chi connectivity index (χ4n) is 3.95. The summed E-state index contributed by atoms with van der Waals surface area (Å²) in [5.41, 5.74) is 4.50. The van der Waals surface area contributed by atoms with E-state index in [4.69, 9.17) is 0 Å². The first-order valence-corrected chi connectivity index (χ1v) is 11.0. The molecule has 3 heterocycles. The van der Waals surface area contributed by atoms with Crippen LogP contribution < -0.4 is 5.32 Å². The molecular weight excluding hydrogens is 449 g/mol. The number of pyridine rings is 3. The lowest BCUT2D eigenvalue weighted by Crippen LogP contribution is -2.04. The summed E-state index contributed by atoms with van der Waals surface area (Å²) in [6.07, 6.45) is 0.729. The Bertz CT molecular complexity index is 1490. The van der Waals surface area contributed by atoms with Gasteiger partial charge in [-0.05, 0) is 65.4 Å². The van der Waals surface area contributed by atoms with Crippen LogP contribution in [-0.2, 0) is 12.7 Å². The lowest BCUT2D eigenvalue weighted by atomic mass is 10.0. The Hall–Kier alpha value is -4.26. The molecule has 0 fully saturated rings. The predicted molar refractivity (Wildman–Crippen MR) is 132 cm³/mol. The Balaban J connectivity index is 1.35. The van der Waals surface area contributed by atoms with Crippen LogP contribution in [0.2, 0.25) is 0 Å². The highest BCUT2D eigenvalue weighted by Gasteiger charge is 2.30. The van der Waals surface area contributed by atoms with E-state index in [1.165, 1.54) is 6.07 Å². The Kier molecular flexibility index (Phi) is 5.91. The molecule has 3 aromatic heterocycles. The van der Waals surface area contributed by atoms with Gasteiger partial charge in [0.15, 0.2) is 0 Å².